The van der Waals surface area contributed by atoms with Gasteiger partial charge in [0.15, 0.2) is 0 Å². The minimum atomic E-state index is -0.993. The molecule has 2 rings (SSSR count). The van der Waals surface area contributed by atoms with E-state index in [2.05, 4.69) is 0 Å². The average Bonchev–Trinajstić information content (AvgIpc) is 2.48. The Morgan fingerprint density at radius 1 is 1.33 bits per heavy atom. The van der Waals surface area contributed by atoms with E-state index in [4.69, 9.17) is 4.74 Å². The van der Waals surface area contributed by atoms with Crippen molar-refractivity contribution in [3.05, 3.63) is 35.4 Å². The van der Waals surface area contributed by atoms with Crippen molar-refractivity contribution >= 4 is 11.9 Å². The number of carboxylic acids is 1. The lowest BCUT2D eigenvalue weighted by Gasteiger charge is -2.39. The van der Waals surface area contributed by atoms with E-state index < -0.39 is 11.4 Å². The standard InChI is InChI=1S/C16H21NO4/c1-12-4-6-13(7-5-12)14(18)17-9-3-8-16(10-17,11-21-2)15(19)20/h4-7H,3,8-11H2,1-2H3,(H,19,20). The van der Waals surface area contributed by atoms with Gasteiger partial charge in [0.25, 0.3) is 5.91 Å². The van der Waals surface area contributed by atoms with Gasteiger partial charge in [-0.25, -0.2) is 0 Å². The number of likely N-dealkylation sites (tertiary alicyclic amines) is 1. The topological polar surface area (TPSA) is 66.8 Å². The Bertz CT molecular complexity index is 522. The summed E-state index contributed by atoms with van der Waals surface area (Å²) < 4.78 is 5.08. The van der Waals surface area contributed by atoms with E-state index >= 15 is 0 Å². The van der Waals surface area contributed by atoms with Crippen LogP contribution in [-0.4, -0.2) is 48.7 Å². The smallest absolute Gasteiger partial charge is 0.313 e. The number of aliphatic carboxylic acids is 1. The first-order chi connectivity index (χ1) is 9.98. The molecule has 1 heterocycles. The SMILES string of the molecule is COCC1(C(=O)O)CCCN(C(=O)c2ccc(C)cc2)C1. The van der Waals surface area contributed by atoms with Gasteiger partial charge in [-0.2, -0.15) is 0 Å². The minimum Gasteiger partial charge on any atom is -0.481 e. The van der Waals surface area contributed by atoms with Crippen LogP contribution in [0.3, 0.4) is 0 Å². The zero-order valence-corrected chi connectivity index (χ0v) is 12.5. The molecule has 1 unspecified atom stereocenters. The monoisotopic (exact) mass is 291 g/mol. The molecule has 1 saturated heterocycles. The number of amides is 1. The van der Waals surface area contributed by atoms with Crippen LogP contribution in [0.15, 0.2) is 24.3 Å². The summed E-state index contributed by atoms with van der Waals surface area (Å²) in [7, 11) is 1.49. The van der Waals surface area contributed by atoms with Gasteiger partial charge >= 0.3 is 5.97 Å². The highest BCUT2D eigenvalue weighted by molar-refractivity contribution is 5.94. The second-order valence-electron chi connectivity index (χ2n) is 5.71. The number of carboxylic acid groups (broad SMARTS) is 1. The normalized spacial score (nSPS) is 22.1. The molecule has 0 aliphatic carbocycles. The van der Waals surface area contributed by atoms with E-state index in [9.17, 15) is 14.7 Å². The van der Waals surface area contributed by atoms with Crippen LogP contribution in [0.2, 0.25) is 0 Å². The van der Waals surface area contributed by atoms with Crippen molar-refractivity contribution in [2.45, 2.75) is 19.8 Å². The lowest BCUT2D eigenvalue weighted by molar-refractivity contribution is -0.155. The third-order valence-corrected chi connectivity index (χ3v) is 4.04. The second kappa shape index (κ2) is 6.26. The van der Waals surface area contributed by atoms with Crippen molar-refractivity contribution in [2.24, 2.45) is 5.41 Å². The number of carbonyl (C=O) groups excluding carboxylic acids is 1. The Morgan fingerprint density at radius 2 is 2.00 bits per heavy atom. The van der Waals surface area contributed by atoms with Crippen molar-refractivity contribution in [3.63, 3.8) is 0 Å². The molecule has 0 saturated carbocycles. The largest absolute Gasteiger partial charge is 0.481 e. The maximum absolute atomic E-state index is 12.5. The van der Waals surface area contributed by atoms with Gasteiger partial charge in [0, 0.05) is 25.8 Å². The summed E-state index contributed by atoms with van der Waals surface area (Å²) >= 11 is 0. The van der Waals surface area contributed by atoms with Gasteiger partial charge in [-0.15, -0.1) is 0 Å². The van der Waals surface area contributed by atoms with Gasteiger partial charge in [-0.3, -0.25) is 9.59 Å². The van der Waals surface area contributed by atoms with Crippen LogP contribution in [0, 0.1) is 12.3 Å². The van der Waals surface area contributed by atoms with Gasteiger partial charge in [0.05, 0.1) is 6.61 Å². The number of ether oxygens (including phenoxy) is 1. The number of nitrogens with zero attached hydrogens (tertiary/aromatic N) is 1. The molecule has 0 radical (unpaired) electrons. The van der Waals surface area contributed by atoms with Gasteiger partial charge in [-0.1, -0.05) is 17.7 Å². The fourth-order valence-corrected chi connectivity index (χ4v) is 2.81. The average molecular weight is 291 g/mol. The summed E-state index contributed by atoms with van der Waals surface area (Å²) in [5, 5.41) is 9.51. The molecule has 21 heavy (non-hydrogen) atoms. The molecule has 1 aliphatic heterocycles. The third kappa shape index (κ3) is 3.24. The number of carbonyl (C=O) groups is 2. The van der Waals surface area contributed by atoms with E-state index in [0.717, 1.165) is 5.56 Å². The lowest BCUT2D eigenvalue weighted by atomic mass is 9.80. The first-order valence-electron chi connectivity index (χ1n) is 7.07. The molecule has 1 N–H and O–H groups in total. The number of aryl methyl sites for hydroxylation is 1. The van der Waals surface area contributed by atoms with Crippen molar-refractivity contribution in [2.75, 3.05) is 26.8 Å². The fraction of sp³-hybridized carbons (Fsp3) is 0.500. The highest BCUT2D eigenvalue weighted by Crippen LogP contribution is 2.31. The quantitative estimate of drug-likeness (QED) is 0.920. The molecule has 5 nitrogen and oxygen atoms in total. The molecule has 1 amide bonds. The summed E-state index contributed by atoms with van der Waals surface area (Å²) in [5.41, 5.74) is 0.691. The molecule has 1 aromatic carbocycles. The van der Waals surface area contributed by atoms with Crippen molar-refractivity contribution < 1.29 is 19.4 Å². The first-order valence-corrected chi connectivity index (χ1v) is 7.07. The summed E-state index contributed by atoms with van der Waals surface area (Å²) in [6, 6.07) is 7.34. The Hall–Kier alpha value is -1.88. The van der Waals surface area contributed by atoms with E-state index in [-0.39, 0.29) is 19.1 Å². The van der Waals surface area contributed by atoms with Crippen LogP contribution < -0.4 is 0 Å². The van der Waals surface area contributed by atoms with E-state index in [0.29, 0.717) is 24.9 Å². The van der Waals surface area contributed by atoms with Crippen LogP contribution in [-0.2, 0) is 9.53 Å². The molecule has 0 aromatic heterocycles. The van der Waals surface area contributed by atoms with Crippen LogP contribution in [0.25, 0.3) is 0 Å². The molecule has 0 bridgehead atoms. The summed E-state index contributed by atoms with van der Waals surface area (Å²) in [6.07, 6.45) is 1.21. The van der Waals surface area contributed by atoms with Crippen molar-refractivity contribution in [1.29, 1.82) is 0 Å². The Morgan fingerprint density at radius 3 is 2.57 bits per heavy atom. The van der Waals surface area contributed by atoms with Gasteiger partial charge in [0.1, 0.15) is 5.41 Å². The van der Waals surface area contributed by atoms with Crippen LogP contribution in [0.1, 0.15) is 28.8 Å². The van der Waals surface area contributed by atoms with Crippen LogP contribution in [0.5, 0.6) is 0 Å². The fourth-order valence-electron chi connectivity index (χ4n) is 2.81. The number of benzene rings is 1. The summed E-state index contributed by atoms with van der Waals surface area (Å²) in [5.74, 6) is -1.01. The number of methoxy groups -OCH3 is 1. The predicted octanol–water partition coefficient (Wildman–Crippen LogP) is 1.95. The first kappa shape index (κ1) is 15.5. The van der Waals surface area contributed by atoms with Crippen molar-refractivity contribution in [3.8, 4) is 0 Å². The second-order valence-corrected chi connectivity index (χ2v) is 5.71. The van der Waals surface area contributed by atoms with E-state index in [1.165, 1.54) is 7.11 Å². The molecular formula is C16H21NO4. The highest BCUT2D eigenvalue weighted by Gasteiger charge is 2.43. The molecule has 1 fully saturated rings. The summed E-state index contributed by atoms with van der Waals surface area (Å²) in [4.78, 5) is 25.7. The van der Waals surface area contributed by atoms with Gasteiger partial charge < -0.3 is 14.7 Å². The number of hydrogen-bond acceptors (Lipinski definition) is 3. The minimum absolute atomic E-state index is 0.114. The summed E-state index contributed by atoms with van der Waals surface area (Å²) in [6.45, 7) is 2.87. The molecule has 114 valence electrons. The highest BCUT2D eigenvalue weighted by atomic mass is 16.5. The molecule has 1 aliphatic rings. The lowest BCUT2D eigenvalue weighted by Crippen LogP contribution is -2.52. The Labute approximate surface area is 124 Å². The Balaban J connectivity index is 2.18. The van der Waals surface area contributed by atoms with Gasteiger partial charge in [-0.05, 0) is 31.9 Å². The number of hydrogen-bond donors (Lipinski definition) is 1. The maximum atomic E-state index is 12.5. The zero-order valence-electron chi connectivity index (χ0n) is 12.5. The molecule has 0 spiro atoms. The predicted molar refractivity (Wildman–Crippen MR) is 78.3 cm³/mol. The van der Waals surface area contributed by atoms with Crippen LogP contribution in [0.4, 0.5) is 0 Å². The van der Waals surface area contributed by atoms with Gasteiger partial charge in [0.2, 0.25) is 0 Å². The molecule has 1 atom stereocenters. The molecular weight excluding hydrogens is 270 g/mol. The van der Waals surface area contributed by atoms with E-state index in [1.807, 2.05) is 19.1 Å². The van der Waals surface area contributed by atoms with Crippen molar-refractivity contribution in [1.82, 2.24) is 4.90 Å². The van der Waals surface area contributed by atoms with Crippen LogP contribution >= 0.6 is 0 Å². The Kier molecular flexibility index (Phi) is 4.63. The zero-order chi connectivity index (χ0) is 15.5. The number of rotatable bonds is 4. The number of piperidine rings is 1. The molecule has 1 aromatic rings. The molecule has 5 heteroatoms. The van der Waals surface area contributed by atoms with E-state index in [1.54, 1.807) is 17.0 Å². The maximum Gasteiger partial charge on any atom is 0.313 e. The third-order valence-electron chi connectivity index (χ3n) is 4.04.